The summed E-state index contributed by atoms with van der Waals surface area (Å²) >= 11 is 0. The van der Waals surface area contributed by atoms with Gasteiger partial charge in [0.1, 0.15) is 11.6 Å². The average molecular weight is 240 g/mol. The Labute approximate surface area is 100 Å². The Morgan fingerprint density at radius 3 is 2.59 bits per heavy atom. The van der Waals surface area contributed by atoms with E-state index < -0.39 is 0 Å². The van der Waals surface area contributed by atoms with Crippen molar-refractivity contribution in [2.75, 3.05) is 20.7 Å². The van der Waals surface area contributed by atoms with Crippen LogP contribution < -0.4 is 10.2 Å². The van der Waals surface area contributed by atoms with Crippen LogP contribution in [0.4, 0.5) is 4.39 Å². The molecule has 0 bridgehead atoms. The van der Waals surface area contributed by atoms with E-state index in [1.807, 2.05) is 0 Å². The highest BCUT2D eigenvalue weighted by Crippen LogP contribution is 2.11. The third-order valence-corrected chi connectivity index (χ3v) is 1.98. The second-order valence-corrected chi connectivity index (χ2v) is 3.84. The van der Waals surface area contributed by atoms with E-state index >= 15 is 0 Å². The maximum atomic E-state index is 12.6. The molecule has 94 valence electrons. The zero-order valence-corrected chi connectivity index (χ0v) is 10.1. The highest BCUT2D eigenvalue weighted by atomic mass is 19.1. The van der Waals surface area contributed by atoms with Gasteiger partial charge in [0.2, 0.25) is 5.91 Å². The zero-order valence-electron chi connectivity index (χ0n) is 10.1. The minimum atomic E-state index is -0.289. The average Bonchev–Trinajstić information content (AvgIpc) is 2.26. The van der Waals surface area contributed by atoms with Crippen molar-refractivity contribution in [3.63, 3.8) is 0 Å². The van der Waals surface area contributed by atoms with Crippen LogP contribution in [0.3, 0.4) is 0 Å². The molecule has 0 heterocycles. The Morgan fingerprint density at radius 2 is 2.00 bits per heavy atom. The molecule has 0 fully saturated rings. The molecule has 0 aliphatic carbocycles. The lowest BCUT2D eigenvalue weighted by molar-refractivity contribution is -0.125. The van der Waals surface area contributed by atoms with Crippen molar-refractivity contribution in [3.05, 3.63) is 30.1 Å². The molecule has 0 saturated heterocycles. The Morgan fingerprint density at radius 1 is 1.35 bits per heavy atom. The van der Waals surface area contributed by atoms with Gasteiger partial charge in [-0.05, 0) is 30.7 Å². The largest absolute Gasteiger partial charge is 0.494 e. The van der Waals surface area contributed by atoms with Crippen LogP contribution in [0.1, 0.15) is 12.8 Å². The van der Waals surface area contributed by atoms with Gasteiger partial charge in [0.05, 0.1) is 6.61 Å². The molecule has 1 rings (SSSR count). The van der Waals surface area contributed by atoms with E-state index in [-0.39, 0.29) is 11.7 Å². The Balaban J connectivity index is 2.16. The van der Waals surface area contributed by atoms with Crippen molar-refractivity contribution >= 4 is 5.91 Å². The fourth-order valence-electron chi connectivity index (χ4n) is 1.26. The fourth-order valence-corrected chi connectivity index (χ4v) is 1.26. The minimum Gasteiger partial charge on any atom is -0.494 e. The molecule has 0 aliphatic rings. The van der Waals surface area contributed by atoms with E-state index in [1.165, 1.54) is 12.1 Å². The molecule has 1 aromatic rings. The second-order valence-electron chi connectivity index (χ2n) is 3.84. The second kappa shape index (κ2) is 6.85. The quantitative estimate of drug-likeness (QED) is 0.606. The molecular weight excluding hydrogens is 223 g/mol. The van der Waals surface area contributed by atoms with Crippen LogP contribution in [0, 0.1) is 5.82 Å². The van der Waals surface area contributed by atoms with E-state index in [0.29, 0.717) is 25.2 Å². The van der Waals surface area contributed by atoms with E-state index in [2.05, 4.69) is 5.43 Å². The first-order chi connectivity index (χ1) is 8.08. The number of hydrogen-bond donors (Lipinski definition) is 1. The molecule has 5 heteroatoms. The molecule has 0 saturated carbocycles. The van der Waals surface area contributed by atoms with Gasteiger partial charge >= 0.3 is 0 Å². The number of carbonyl (C=O) groups excluding carboxylic acids is 1. The molecule has 0 spiro atoms. The summed E-state index contributed by atoms with van der Waals surface area (Å²) in [5, 5.41) is 1.60. The van der Waals surface area contributed by atoms with Crippen molar-refractivity contribution in [1.29, 1.82) is 0 Å². The molecule has 0 aromatic heterocycles. The third-order valence-electron chi connectivity index (χ3n) is 1.98. The van der Waals surface area contributed by atoms with Gasteiger partial charge in [-0.1, -0.05) is 0 Å². The monoisotopic (exact) mass is 240 g/mol. The fraction of sp³-hybridized carbons (Fsp3) is 0.417. The van der Waals surface area contributed by atoms with Gasteiger partial charge < -0.3 is 4.74 Å². The van der Waals surface area contributed by atoms with Gasteiger partial charge in [-0.25, -0.2) is 9.40 Å². The normalized spacial score (nSPS) is 10.4. The minimum absolute atomic E-state index is 0.0438. The standard InChI is InChI=1S/C12H17FN2O2/c1-15(2)14-12(16)4-3-9-17-11-7-5-10(13)6-8-11/h5-8H,3-4,9H2,1-2H3,(H,14,16). The first kappa shape index (κ1) is 13.4. The number of halogens is 1. The summed E-state index contributed by atoms with van der Waals surface area (Å²) in [6, 6.07) is 5.81. The number of amides is 1. The SMILES string of the molecule is CN(C)NC(=O)CCCOc1ccc(F)cc1. The van der Waals surface area contributed by atoms with Crippen molar-refractivity contribution in [2.24, 2.45) is 0 Å². The number of hydrogen-bond acceptors (Lipinski definition) is 3. The van der Waals surface area contributed by atoms with E-state index in [1.54, 1.807) is 31.2 Å². The summed E-state index contributed by atoms with van der Waals surface area (Å²) in [7, 11) is 3.51. The van der Waals surface area contributed by atoms with Crippen LogP contribution in [-0.2, 0) is 4.79 Å². The summed E-state index contributed by atoms with van der Waals surface area (Å²) in [6.45, 7) is 0.437. The molecule has 17 heavy (non-hydrogen) atoms. The first-order valence-corrected chi connectivity index (χ1v) is 5.43. The molecule has 1 N–H and O–H groups in total. The highest BCUT2D eigenvalue weighted by Gasteiger charge is 2.02. The summed E-state index contributed by atoms with van der Waals surface area (Å²) in [5.74, 6) is 0.278. The smallest absolute Gasteiger partial charge is 0.234 e. The highest BCUT2D eigenvalue weighted by molar-refractivity contribution is 5.75. The maximum Gasteiger partial charge on any atom is 0.234 e. The predicted molar refractivity (Wildman–Crippen MR) is 63.0 cm³/mol. The van der Waals surface area contributed by atoms with Crippen LogP contribution in [0.25, 0.3) is 0 Å². The molecule has 0 aliphatic heterocycles. The summed E-state index contributed by atoms with van der Waals surface area (Å²) in [6.07, 6.45) is 1.02. The number of nitrogens with one attached hydrogen (secondary N) is 1. The predicted octanol–water partition coefficient (Wildman–Crippen LogP) is 1.58. The van der Waals surface area contributed by atoms with Crippen molar-refractivity contribution in [3.8, 4) is 5.75 Å². The zero-order chi connectivity index (χ0) is 12.7. The number of nitrogens with zero attached hydrogens (tertiary/aromatic N) is 1. The number of benzene rings is 1. The summed E-state index contributed by atoms with van der Waals surface area (Å²) in [5.41, 5.74) is 2.64. The van der Waals surface area contributed by atoms with Gasteiger partial charge in [0.15, 0.2) is 0 Å². The number of carbonyl (C=O) groups is 1. The van der Waals surface area contributed by atoms with E-state index in [0.717, 1.165) is 0 Å². The molecule has 1 amide bonds. The van der Waals surface area contributed by atoms with Gasteiger partial charge in [-0.2, -0.15) is 0 Å². The summed E-state index contributed by atoms with van der Waals surface area (Å²) in [4.78, 5) is 11.3. The third kappa shape index (κ3) is 5.87. The van der Waals surface area contributed by atoms with Gasteiger partial charge in [0, 0.05) is 20.5 Å². The van der Waals surface area contributed by atoms with Crippen molar-refractivity contribution in [1.82, 2.24) is 10.4 Å². The lowest BCUT2D eigenvalue weighted by Gasteiger charge is -2.11. The molecule has 0 radical (unpaired) electrons. The first-order valence-electron chi connectivity index (χ1n) is 5.43. The van der Waals surface area contributed by atoms with Crippen molar-refractivity contribution in [2.45, 2.75) is 12.8 Å². The number of rotatable bonds is 6. The number of ether oxygens (including phenoxy) is 1. The van der Waals surface area contributed by atoms with Gasteiger partial charge in [-0.3, -0.25) is 10.2 Å². The Hall–Kier alpha value is -1.62. The van der Waals surface area contributed by atoms with Gasteiger partial charge in [-0.15, -0.1) is 0 Å². The van der Waals surface area contributed by atoms with Crippen LogP contribution in [0.2, 0.25) is 0 Å². The van der Waals surface area contributed by atoms with E-state index in [9.17, 15) is 9.18 Å². The topological polar surface area (TPSA) is 41.6 Å². The lowest BCUT2D eigenvalue weighted by atomic mass is 10.3. The maximum absolute atomic E-state index is 12.6. The van der Waals surface area contributed by atoms with Crippen LogP contribution in [-0.4, -0.2) is 31.6 Å². The van der Waals surface area contributed by atoms with E-state index in [4.69, 9.17) is 4.74 Å². The van der Waals surface area contributed by atoms with Crippen LogP contribution >= 0.6 is 0 Å². The van der Waals surface area contributed by atoms with Crippen LogP contribution in [0.15, 0.2) is 24.3 Å². The van der Waals surface area contributed by atoms with Gasteiger partial charge in [0.25, 0.3) is 0 Å². The lowest BCUT2D eigenvalue weighted by Crippen LogP contribution is -2.36. The molecule has 0 unspecified atom stereocenters. The number of hydrazine groups is 1. The molecule has 4 nitrogen and oxygen atoms in total. The van der Waals surface area contributed by atoms with Crippen molar-refractivity contribution < 1.29 is 13.9 Å². The Bertz CT molecular complexity index is 352. The molecule has 0 atom stereocenters. The summed E-state index contributed by atoms with van der Waals surface area (Å²) < 4.78 is 17.9. The molecule has 1 aromatic carbocycles. The Kier molecular flexibility index (Phi) is 5.42. The molecular formula is C12H17FN2O2. The van der Waals surface area contributed by atoms with Crippen LogP contribution in [0.5, 0.6) is 5.75 Å².